The lowest BCUT2D eigenvalue weighted by molar-refractivity contribution is 0.209. The molecule has 14 heteroatoms. The first-order valence-corrected chi connectivity index (χ1v) is 10.8. The van der Waals surface area contributed by atoms with Crippen LogP contribution in [-0.2, 0) is 6.42 Å². The molecule has 0 saturated heterocycles. The molecule has 0 aliphatic heterocycles. The van der Waals surface area contributed by atoms with Crippen LogP contribution in [-0.4, -0.2) is 36.2 Å². The number of carbonyl (C=O) groups is 1. The minimum absolute atomic E-state index is 0.0146. The molecule has 2 aromatic carbocycles. The number of halogens is 3. The van der Waals surface area contributed by atoms with Crippen LogP contribution in [0.5, 0.6) is 11.6 Å². The summed E-state index contributed by atoms with van der Waals surface area (Å²) in [5.41, 5.74) is -0.258. The van der Waals surface area contributed by atoms with Gasteiger partial charge in [-0.2, -0.15) is 4.68 Å². The summed E-state index contributed by atoms with van der Waals surface area (Å²) in [6, 6.07) is 13.8. The molecule has 2 aromatic heterocycles. The number of amides is 1. The van der Waals surface area contributed by atoms with Crippen LogP contribution in [0.2, 0.25) is 15.2 Å². The quantitative estimate of drug-likeness (QED) is 0.333. The summed E-state index contributed by atoms with van der Waals surface area (Å²) in [6.07, 6.45) is -1.05. The molecule has 0 saturated carbocycles. The molecule has 4 rings (SSSR count). The minimum Gasteiger partial charge on any atom is -0.465 e. The number of aromatic nitrogens is 5. The predicted molar refractivity (Wildman–Crippen MR) is 128 cm³/mol. The number of hydrogen-bond donors (Lipinski definition) is 3. The third-order valence-electron chi connectivity index (χ3n) is 4.52. The van der Waals surface area contributed by atoms with E-state index in [1.54, 1.807) is 11.4 Å². The zero-order valence-electron chi connectivity index (χ0n) is 17.3. The van der Waals surface area contributed by atoms with Gasteiger partial charge >= 0.3 is 11.8 Å². The third-order valence-corrected chi connectivity index (χ3v) is 5.40. The molecule has 11 nitrogen and oxygen atoms in total. The standard InChI is InChI=1S/C21H13Cl3N6O5/c22-13-8-12(30-20(32)26-19(31)18(29-30)25-21(33)34)9-14(23)16(13)35-15-7-11(17(24)28-27-15)6-10-4-2-1-3-5-10/h1-5,7-9H,6H2,(H,25,29)(H,33,34)(H,26,31,32). The first-order chi connectivity index (χ1) is 16.7. The van der Waals surface area contributed by atoms with E-state index < -0.39 is 23.2 Å². The minimum atomic E-state index is -1.54. The molecule has 4 aromatic rings. The fourth-order valence-corrected chi connectivity index (χ4v) is 3.73. The summed E-state index contributed by atoms with van der Waals surface area (Å²) in [5.74, 6) is -0.531. The Morgan fingerprint density at radius 3 is 2.40 bits per heavy atom. The van der Waals surface area contributed by atoms with Gasteiger partial charge in [0.1, 0.15) is 0 Å². The Morgan fingerprint density at radius 2 is 1.74 bits per heavy atom. The fourth-order valence-electron chi connectivity index (χ4n) is 3.01. The smallest absolute Gasteiger partial charge is 0.410 e. The summed E-state index contributed by atoms with van der Waals surface area (Å²) in [4.78, 5) is 36.8. The zero-order chi connectivity index (χ0) is 25.1. The number of ether oxygens (including phenoxy) is 1. The first-order valence-electron chi connectivity index (χ1n) is 9.68. The van der Waals surface area contributed by atoms with Gasteiger partial charge in [-0.3, -0.25) is 15.1 Å². The van der Waals surface area contributed by atoms with Crippen LogP contribution < -0.4 is 21.3 Å². The highest BCUT2D eigenvalue weighted by atomic mass is 35.5. The molecule has 0 aliphatic carbocycles. The molecule has 0 fully saturated rings. The maximum absolute atomic E-state index is 12.2. The molecule has 0 spiro atoms. The van der Waals surface area contributed by atoms with Gasteiger partial charge in [-0.25, -0.2) is 9.59 Å². The maximum atomic E-state index is 12.2. The SMILES string of the molecule is O=C(O)Nc1nn(-c2cc(Cl)c(Oc3cc(Cc4ccccc4)c(Cl)nn3)c(Cl)c2)c(=O)[nH]c1=O. The molecular formula is C21H13Cl3N6O5. The van der Waals surface area contributed by atoms with E-state index in [0.29, 0.717) is 16.7 Å². The Hall–Kier alpha value is -3.93. The molecule has 35 heavy (non-hydrogen) atoms. The number of nitrogens with zero attached hydrogens (tertiary/aromatic N) is 4. The van der Waals surface area contributed by atoms with Crippen LogP contribution >= 0.6 is 34.8 Å². The van der Waals surface area contributed by atoms with Crippen molar-refractivity contribution >= 4 is 46.7 Å². The van der Waals surface area contributed by atoms with Crippen molar-refractivity contribution in [3.63, 3.8) is 0 Å². The summed E-state index contributed by atoms with van der Waals surface area (Å²) >= 11 is 18.9. The Balaban J connectivity index is 1.66. The zero-order valence-corrected chi connectivity index (χ0v) is 19.6. The van der Waals surface area contributed by atoms with Crippen molar-refractivity contribution in [3.8, 4) is 17.3 Å². The Bertz CT molecular complexity index is 1520. The molecule has 0 radical (unpaired) electrons. The van der Waals surface area contributed by atoms with E-state index >= 15 is 0 Å². The second-order valence-corrected chi connectivity index (χ2v) is 8.12. The Morgan fingerprint density at radius 1 is 1.06 bits per heavy atom. The topological polar surface area (TPSA) is 152 Å². The lowest BCUT2D eigenvalue weighted by atomic mass is 10.1. The predicted octanol–water partition coefficient (Wildman–Crippen LogP) is 4.14. The Kier molecular flexibility index (Phi) is 7.01. The monoisotopic (exact) mass is 534 g/mol. The van der Waals surface area contributed by atoms with Gasteiger partial charge in [-0.05, 0) is 17.7 Å². The number of rotatable bonds is 6. The number of hydrogen-bond acceptors (Lipinski definition) is 7. The highest BCUT2D eigenvalue weighted by Crippen LogP contribution is 2.38. The number of nitrogens with one attached hydrogen (secondary N) is 2. The van der Waals surface area contributed by atoms with Gasteiger partial charge in [-0.15, -0.1) is 15.3 Å². The van der Waals surface area contributed by atoms with Gasteiger partial charge < -0.3 is 9.84 Å². The van der Waals surface area contributed by atoms with Crippen LogP contribution in [0.4, 0.5) is 10.6 Å². The van der Waals surface area contributed by atoms with Gasteiger partial charge in [-0.1, -0.05) is 65.1 Å². The van der Waals surface area contributed by atoms with Crippen LogP contribution in [0.25, 0.3) is 5.69 Å². The molecule has 0 bridgehead atoms. The summed E-state index contributed by atoms with van der Waals surface area (Å²) in [7, 11) is 0. The molecule has 0 unspecified atom stereocenters. The molecular weight excluding hydrogens is 523 g/mol. The van der Waals surface area contributed by atoms with Crippen molar-refractivity contribution in [2.45, 2.75) is 6.42 Å². The number of H-pyrrole nitrogens is 1. The van der Waals surface area contributed by atoms with E-state index in [1.165, 1.54) is 12.1 Å². The largest absolute Gasteiger partial charge is 0.465 e. The lowest BCUT2D eigenvalue weighted by Crippen LogP contribution is -2.34. The summed E-state index contributed by atoms with van der Waals surface area (Å²) < 4.78 is 6.45. The van der Waals surface area contributed by atoms with Crippen LogP contribution in [0.3, 0.4) is 0 Å². The first kappa shape index (κ1) is 24.2. The van der Waals surface area contributed by atoms with Gasteiger partial charge in [0.05, 0.1) is 15.7 Å². The van der Waals surface area contributed by atoms with E-state index in [-0.39, 0.29) is 32.5 Å². The highest BCUT2D eigenvalue weighted by molar-refractivity contribution is 6.37. The van der Waals surface area contributed by atoms with Gasteiger partial charge in [0.2, 0.25) is 11.7 Å². The van der Waals surface area contributed by atoms with E-state index in [9.17, 15) is 14.4 Å². The van der Waals surface area contributed by atoms with E-state index in [2.05, 4.69) is 15.3 Å². The molecule has 3 N–H and O–H groups in total. The maximum Gasteiger partial charge on any atom is 0.410 e. The van der Waals surface area contributed by atoms with Gasteiger partial charge in [0.25, 0.3) is 5.56 Å². The van der Waals surface area contributed by atoms with Crippen LogP contribution in [0, 0.1) is 0 Å². The lowest BCUT2D eigenvalue weighted by Gasteiger charge is -2.12. The van der Waals surface area contributed by atoms with Gasteiger partial charge in [0, 0.05) is 18.1 Å². The van der Waals surface area contributed by atoms with Crippen molar-refractivity contribution in [2.75, 3.05) is 5.32 Å². The molecule has 178 valence electrons. The molecule has 2 heterocycles. The second kappa shape index (κ2) is 10.1. The second-order valence-electron chi connectivity index (χ2n) is 6.95. The van der Waals surface area contributed by atoms with E-state index in [1.807, 2.05) is 35.3 Å². The summed E-state index contributed by atoms with van der Waals surface area (Å²) in [6.45, 7) is 0. The average molecular weight is 536 g/mol. The average Bonchev–Trinajstić information content (AvgIpc) is 2.80. The van der Waals surface area contributed by atoms with Crippen LogP contribution in [0.15, 0.2) is 58.1 Å². The highest BCUT2D eigenvalue weighted by Gasteiger charge is 2.17. The van der Waals surface area contributed by atoms with Crippen molar-refractivity contribution in [1.29, 1.82) is 0 Å². The Labute approximate surface area is 210 Å². The summed E-state index contributed by atoms with van der Waals surface area (Å²) in [5, 5.41) is 22.3. The third kappa shape index (κ3) is 5.60. The fraction of sp³-hybridized carbons (Fsp3) is 0.0476. The molecule has 0 atom stereocenters. The number of carboxylic acid groups (broad SMARTS) is 1. The van der Waals surface area contributed by atoms with Gasteiger partial charge in [0.15, 0.2) is 10.9 Å². The van der Waals surface area contributed by atoms with Crippen molar-refractivity contribution in [2.24, 2.45) is 0 Å². The number of aromatic amines is 1. The normalized spacial score (nSPS) is 10.7. The van der Waals surface area contributed by atoms with Crippen molar-refractivity contribution in [3.05, 3.63) is 95.7 Å². The van der Waals surface area contributed by atoms with Crippen LogP contribution in [0.1, 0.15) is 11.1 Å². The number of benzene rings is 2. The molecule has 0 aliphatic rings. The van der Waals surface area contributed by atoms with Crippen molar-refractivity contribution < 1.29 is 14.6 Å². The van der Waals surface area contributed by atoms with E-state index in [0.717, 1.165) is 5.56 Å². The van der Waals surface area contributed by atoms with Crippen molar-refractivity contribution in [1.82, 2.24) is 25.0 Å². The van der Waals surface area contributed by atoms with E-state index in [4.69, 9.17) is 44.6 Å². The number of anilines is 1. The molecule has 1 amide bonds.